The van der Waals surface area contributed by atoms with E-state index in [4.69, 9.17) is 4.42 Å². The van der Waals surface area contributed by atoms with Crippen molar-refractivity contribution in [2.75, 3.05) is 5.32 Å². The smallest absolute Gasteiger partial charge is 0.291 e. The largest absolute Gasteiger partial charge is 0.455 e. The van der Waals surface area contributed by atoms with Crippen LogP contribution in [0.3, 0.4) is 0 Å². The summed E-state index contributed by atoms with van der Waals surface area (Å²) in [6.45, 7) is 5.96. The van der Waals surface area contributed by atoms with Gasteiger partial charge in [0.2, 0.25) is 0 Å². The van der Waals surface area contributed by atoms with E-state index in [0.717, 1.165) is 5.56 Å². The lowest BCUT2D eigenvalue weighted by Crippen LogP contribution is -2.27. The van der Waals surface area contributed by atoms with E-state index in [2.05, 4.69) is 29.3 Å². The monoisotopic (exact) mass is 313 g/mol. The van der Waals surface area contributed by atoms with Crippen LogP contribution in [0.4, 0.5) is 5.69 Å². The third-order valence-electron chi connectivity index (χ3n) is 4.04. The zero-order valence-electron chi connectivity index (χ0n) is 13.4. The van der Waals surface area contributed by atoms with Crippen LogP contribution < -0.4 is 5.32 Å². The second kappa shape index (κ2) is 5.53. The molecular weight excluding hydrogens is 294 g/mol. The molecule has 0 aliphatic heterocycles. The molecule has 0 spiro atoms. The van der Waals surface area contributed by atoms with Crippen molar-refractivity contribution in [2.24, 2.45) is 10.6 Å². The minimum atomic E-state index is -0.333. The molecule has 3 rings (SSSR count). The second-order valence-corrected chi connectivity index (χ2v) is 6.61. The van der Waals surface area contributed by atoms with Gasteiger partial charge in [0, 0.05) is 23.7 Å². The van der Waals surface area contributed by atoms with Gasteiger partial charge in [-0.15, -0.1) is 0 Å². The van der Waals surface area contributed by atoms with E-state index in [0.29, 0.717) is 35.6 Å². The minimum absolute atomic E-state index is 0.0735. The normalized spacial score (nSPS) is 17.8. The fourth-order valence-electron chi connectivity index (χ4n) is 3.04. The SMILES string of the molecule is Cc1c(C(=O)Nc2cccnc2)oc2c1C(=NO)CC(C)(C)C2. The third kappa shape index (κ3) is 2.84. The van der Waals surface area contributed by atoms with Crippen molar-refractivity contribution in [1.82, 2.24) is 4.98 Å². The lowest BCUT2D eigenvalue weighted by atomic mass is 9.75. The first-order valence-corrected chi connectivity index (χ1v) is 7.46. The Kier molecular flexibility index (Phi) is 3.67. The van der Waals surface area contributed by atoms with Gasteiger partial charge in [0.1, 0.15) is 5.76 Å². The highest BCUT2D eigenvalue weighted by molar-refractivity contribution is 6.09. The number of nitrogens with one attached hydrogen (secondary N) is 1. The molecule has 0 radical (unpaired) electrons. The van der Waals surface area contributed by atoms with Crippen molar-refractivity contribution in [3.05, 3.63) is 47.2 Å². The first kappa shape index (κ1) is 15.3. The summed E-state index contributed by atoms with van der Waals surface area (Å²) in [5.74, 6) is 0.612. The molecule has 0 fully saturated rings. The molecule has 0 saturated carbocycles. The zero-order valence-corrected chi connectivity index (χ0v) is 13.4. The molecular formula is C17H19N3O3. The number of oxime groups is 1. The van der Waals surface area contributed by atoms with Crippen LogP contribution in [0.5, 0.6) is 0 Å². The molecule has 120 valence electrons. The Morgan fingerprint density at radius 1 is 1.43 bits per heavy atom. The Morgan fingerprint density at radius 2 is 2.22 bits per heavy atom. The summed E-state index contributed by atoms with van der Waals surface area (Å²) in [5, 5.41) is 15.5. The van der Waals surface area contributed by atoms with Crippen LogP contribution >= 0.6 is 0 Å². The lowest BCUT2D eigenvalue weighted by molar-refractivity contribution is 0.0993. The van der Waals surface area contributed by atoms with E-state index >= 15 is 0 Å². The maximum absolute atomic E-state index is 12.5. The van der Waals surface area contributed by atoms with Gasteiger partial charge in [-0.05, 0) is 30.9 Å². The summed E-state index contributed by atoms with van der Waals surface area (Å²) >= 11 is 0. The van der Waals surface area contributed by atoms with E-state index in [1.54, 1.807) is 24.5 Å². The number of hydrogen-bond acceptors (Lipinski definition) is 5. The van der Waals surface area contributed by atoms with Gasteiger partial charge >= 0.3 is 0 Å². The van der Waals surface area contributed by atoms with Gasteiger partial charge in [0.15, 0.2) is 5.76 Å². The van der Waals surface area contributed by atoms with Crippen molar-refractivity contribution < 1.29 is 14.4 Å². The maximum atomic E-state index is 12.5. The standard InChI is InChI=1S/C17H19N3O3/c1-10-14-12(20-22)7-17(2,3)8-13(14)23-15(10)16(21)19-11-5-4-6-18-9-11/h4-6,9,22H,7-8H2,1-3H3,(H,19,21). The first-order chi connectivity index (χ1) is 10.9. The molecule has 0 atom stereocenters. The van der Waals surface area contributed by atoms with Crippen molar-refractivity contribution in [2.45, 2.75) is 33.6 Å². The van der Waals surface area contributed by atoms with Gasteiger partial charge in [-0.1, -0.05) is 19.0 Å². The molecule has 23 heavy (non-hydrogen) atoms. The van der Waals surface area contributed by atoms with E-state index in [-0.39, 0.29) is 17.1 Å². The Balaban J connectivity index is 1.97. The van der Waals surface area contributed by atoms with E-state index in [1.165, 1.54) is 0 Å². The number of amides is 1. The van der Waals surface area contributed by atoms with Crippen LogP contribution in [-0.4, -0.2) is 21.8 Å². The first-order valence-electron chi connectivity index (χ1n) is 7.46. The van der Waals surface area contributed by atoms with E-state index < -0.39 is 0 Å². The fourth-order valence-corrected chi connectivity index (χ4v) is 3.04. The molecule has 2 aromatic rings. The minimum Gasteiger partial charge on any atom is -0.455 e. The van der Waals surface area contributed by atoms with Crippen LogP contribution in [0.25, 0.3) is 0 Å². The summed E-state index contributed by atoms with van der Waals surface area (Å²) in [6.07, 6.45) is 4.54. The summed E-state index contributed by atoms with van der Waals surface area (Å²) in [7, 11) is 0. The van der Waals surface area contributed by atoms with Crippen molar-refractivity contribution in [3.8, 4) is 0 Å². The summed E-state index contributed by atoms with van der Waals surface area (Å²) in [6, 6.07) is 3.50. The van der Waals surface area contributed by atoms with Gasteiger partial charge in [-0.25, -0.2) is 0 Å². The molecule has 0 bridgehead atoms. The average molecular weight is 313 g/mol. The van der Waals surface area contributed by atoms with Crippen molar-refractivity contribution >= 4 is 17.3 Å². The Hall–Kier alpha value is -2.63. The Bertz CT molecular complexity index is 776. The number of carbonyl (C=O) groups is 1. The number of fused-ring (bicyclic) bond motifs is 1. The molecule has 6 heteroatoms. The van der Waals surface area contributed by atoms with Crippen molar-refractivity contribution in [3.63, 3.8) is 0 Å². The molecule has 2 heterocycles. The molecule has 2 N–H and O–H groups in total. The predicted molar refractivity (Wildman–Crippen MR) is 86.1 cm³/mol. The molecule has 2 aromatic heterocycles. The number of rotatable bonds is 2. The van der Waals surface area contributed by atoms with Crippen LogP contribution in [0.1, 0.15) is 47.7 Å². The number of hydrogen-bond donors (Lipinski definition) is 2. The number of aromatic nitrogens is 1. The number of carbonyl (C=O) groups excluding carboxylic acids is 1. The molecule has 0 unspecified atom stereocenters. The average Bonchev–Trinajstić information content (AvgIpc) is 2.83. The highest BCUT2D eigenvalue weighted by atomic mass is 16.4. The van der Waals surface area contributed by atoms with Crippen molar-refractivity contribution in [1.29, 1.82) is 0 Å². The van der Waals surface area contributed by atoms with Crippen LogP contribution in [0, 0.1) is 12.3 Å². The molecule has 0 saturated heterocycles. The van der Waals surface area contributed by atoms with Gasteiger partial charge < -0.3 is 14.9 Å². The summed E-state index contributed by atoms with van der Waals surface area (Å²) in [4.78, 5) is 16.4. The molecule has 1 aliphatic rings. The van der Waals surface area contributed by atoms with Gasteiger partial charge in [-0.2, -0.15) is 0 Å². The number of furan rings is 1. The molecule has 0 aromatic carbocycles. The second-order valence-electron chi connectivity index (χ2n) is 6.61. The molecule has 1 aliphatic carbocycles. The number of pyridine rings is 1. The highest BCUT2D eigenvalue weighted by Crippen LogP contribution is 2.38. The predicted octanol–water partition coefficient (Wildman–Crippen LogP) is 3.39. The third-order valence-corrected chi connectivity index (χ3v) is 4.04. The molecule has 6 nitrogen and oxygen atoms in total. The summed E-state index contributed by atoms with van der Waals surface area (Å²) in [5.41, 5.74) is 2.55. The Morgan fingerprint density at radius 3 is 2.87 bits per heavy atom. The molecule has 1 amide bonds. The Labute approximate surface area is 134 Å². The lowest BCUT2D eigenvalue weighted by Gasteiger charge is -2.28. The maximum Gasteiger partial charge on any atom is 0.291 e. The topological polar surface area (TPSA) is 87.7 Å². The quantitative estimate of drug-likeness (QED) is 0.657. The summed E-state index contributed by atoms with van der Waals surface area (Å²) < 4.78 is 5.81. The zero-order chi connectivity index (χ0) is 16.6. The van der Waals surface area contributed by atoms with E-state index in [9.17, 15) is 10.0 Å². The number of nitrogens with zero attached hydrogens (tertiary/aromatic N) is 2. The van der Waals surface area contributed by atoms with Gasteiger partial charge in [0.05, 0.1) is 17.6 Å². The fraction of sp³-hybridized carbons (Fsp3) is 0.353. The van der Waals surface area contributed by atoms with E-state index in [1.807, 2.05) is 6.92 Å². The van der Waals surface area contributed by atoms with Gasteiger partial charge in [0.25, 0.3) is 5.91 Å². The van der Waals surface area contributed by atoms with Gasteiger partial charge in [-0.3, -0.25) is 9.78 Å². The van der Waals surface area contributed by atoms with Crippen LogP contribution in [0.15, 0.2) is 34.1 Å². The number of anilines is 1. The van der Waals surface area contributed by atoms with Crippen LogP contribution in [0.2, 0.25) is 0 Å². The highest BCUT2D eigenvalue weighted by Gasteiger charge is 2.36. The van der Waals surface area contributed by atoms with Crippen LogP contribution in [-0.2, 0) is 6.42 Å².